The van der Waals surface area contributed by atoms with Crippen molar-refractivity contribution in [3.63, 3.8) is 0 Å². The summed E-state index contributed by atoms with van der Waals surface area (Å²) in [5.74, 6) is -0.215. The van der Waals surface area contributed by atoms with E-state index in [1.54, 1.807) is 24.3 Å². The summed E-state index contributed by atoms with van der Waals surface area (Å²) in [6, 6.07) is 6.66. The number of nitrogens with zero attached hydrogens (tertiary/aromatic N) is 1. The molecular formula is C17H18F2N2O2S. The first-order valence-corrected chi connectivity index (χ1v) is 8.76. The molecule has 1 aromatic rings. The van der Waals surface area contributed by atoms with Crippen molar-refractivity contribution in [3.8, 4) is 5.75 Å². The van der Waals surface area contributed by atoms with Crippen molar-refractivity contribution in [3.05, 3.63) is 34.7 Å². The largest absolute Gasteiger partial charge is 0.434 e. The summed E-state index contributed by atoms with van der Waals surface area (Å²) < 4.78 is 29.4. The predicted octanol–water partition coefficient (Wildman–Crippen LogP) is 4.18. The van der Waals surface area contributed by atoms with Gasteiger partial charge in [0.1, 0.15) is 5.75 Å². The molecule has 0 unspecified atom stereocenters. The van der Waals surface area contributed by atoms with Crippen molar-refractivity contribution in [2.24, 2.45) is 4.99 Å². The van der Waals surface area contributed by atoms with Gasteiger partial charge in [-0.05, 0) is 36.7 Å². The van der Waals surface area contributed by atoms with Crippen molar-refractivity contribution in [2.45, 2.75) is 44.8 Å². The van der Waals surface area contributed by atoms with Gasteiger partial charge in [-0.25, -0.2) is 0 Å². The molecule has 3 rings (SSSR count). The Balaban J connectivity index is 1.76. The van der Waals surface area contributed by atoms with E-state index in [2.05, 4.69) is 15.0 Å². The van der Waals surface area contributed by atoms with Crippen LogP contribution < -0.4 is 10.1 Å². The second-order valence-corrected chi connectivity index (χ2v) is 6.74. The van der Waals surface area contributed by atoms with Crippen LogP contribution in [0.25, 0.3) is 6.08 Å². The van der Waals surface area contributed by atoms with Crippen molar-refractivity contribution in [2.75, 3.05) is 0 Å². The van der Waals surface area contributed by atoms with Gasteiger partial charge in [-0.15, -0.1) is 0 Å². The zero-order chi connectivity index (χ0) is 16.9. The molecule has 0 aromatic heterocycles. The molecule has 4 nitrogen and oxygen atoms in total. The zero-order valence-electron chi connectivity index (χ0n) is 13.0. The van der Waals surface area contributed by atoms with E-state index in [1.807, 2.05) is 0 Å². The van der Waals surface area contributed by atoms with Gasteiger partial charge < -0.3 is 10.1 Å². The third-order valence-corrected chi connectivity index (χ3v) is 4.87. The van der Waals surface area contributed by atoms with Gasteiger partial charge in [-0.1, -0.05) is 37.5 Å². The Labute approximate surface area is 143 Å². The van der Waals surface area contributed by atoms with Crippen LogP contribution in [0.15, 0.2) is 34.2 Å². The summed E-state index contributed by atoms with van der Waals surface area (Å²) >= 11 is 1.24. The molecule has 24 heavy (non-hydrogen) atoms. The quantitative estimate of drug-likeness (QED) is 0.827. The Hall–Kier alpha value is -1.89. The van der Waals surface area contributed by atoms with E-state index in [-0.39, 0.29) is 17.7 Å². The zero-order valence-corrected chi connectivity index (χ0v) is 13.8. The number of para-hydroxylation sites is 1. The average molecular weight is 352 g/mol. The highest BCUT2D eigenvalue weighted by Gasteiger charge is 2.25. The molecule has 1 aliphatic carbocycles. The smallest absolute Gasteiger partial charge is 0.387 e. The molecule has 1 saturated carbocycles. The monoisotopic (exact) mass is 352 g/mol. The second-order valence-electron chi connectivity index (χ2n) is 5.71. The Morgan fingerprint density at radius 1 is 1.25 bits per heavy atom. The maximum atomic E-state index is 12.5. The summed E-state index contributed by atoms with van der Waals surface area (Å²) in [4.78, 5) is 17.1. The van der Waals surface area contributed by atoms with Crippen molar-refractivity contribution in [1.29, 1.82) is 0 Å². The highest BCUT2D eigenvalue weighted by Crippen LogP contribution is 2.31. The molecule has 7 heteroatoms. The van der Waals surface area contributed by atoms with Crippen LogP contribution in [0.1, 0.15) is 37.7 Å². The standard InChI is InChI=1S/C17H18F2N2O2S/c18-16(19)23-13-9-5-4-6-11(13)10-14-15(22)21-17(24-14)20-12-7-2-1-3-8-12/h4-6,9-10,12,16H,1-3,7-8H2,(H,20,21,22)/b14-10-. The van der Waals surface area contributed by atoms with Crippen LogP contribution in [0.2, 0.25) is 0 Å². The number of alkyl halides is 2. The summed E-state index contributed by atoms with van der Waals surface area (Å²) in [5, 5.41) is 3.34. The number of aliphatic imine (C=N–C) groups is 1. The van der Waals surface area contributed by atoms with E-state index in [0.717, 1.165) is 12.8 Å². The van der Waals surface area contributed by atoms with E-state index in [1.165, 1.54) is 37.1 Å². The van der Waals surface area contributed by atoms with Gasteiger partial charge in [0.25, 0.3) is 5.91 Å². The first kappa shape index (κ1) is 17.0. The van der Waals surface area contributed by atoms with Gasteiger partial charge >= 0.3 is 6.61 Å². The minimum absolute atomic E-state index is 0.0473. The predicted molar refractivity (Wildman–Crippen MR) is 91.1 cm³/mol. The molecule has 1 aromatic carbocycles. The molecule has 1 aliphatic heterocycles. The minimum Gasteiger partial charge on any atom is -0.434 e. The fourth-order valence-corrected chi connectivity index (χ4v) is 3.69. The number of amides is 1. The SMILES string of the molecule is O=C1NC(=NC2CCCCC2)S/C1=C\c1ccccc1OC(F)F. The minimum atomic E-state index is -2.90. The van der Waals surface area contributed by atoms with Gasteiger partial charge in [-0.3, -0.25) is 9.79 Å². The van der Waals surface area contributed by atoms with E-state index in [0.29, 0.717) is 15.6 Å². The van der Waals surface area contributed by atoms with E-state index < -0.39 is 6.61 Å². The summed E-state index contributed by atoms with van der Waals surface area (Å²) in [5.41, 5.74) is 0.439. The maximum Gasteiger partial charge on any atom is 0.387 e. The molecule has 1 N–H and O–H groups in total. The number of benzene rings is 1. The first-order chi connectivity index (χ1) is 11.6. The van der Waals surface area contributed by atoms with Gasteiger partial charge in [0.05, 0.1) is 10.9 Å². The van der Waals surface area contributed by atoms with Crippen molar-refractivity contribution in [1.82, 2.24) is 5.32 Å². The molecule has 0 atom stereocenters. The fraction of sp³-hybridized carbons (Fsp3) is 0.412. The van der Waals surface area contributed by atoms with Crippen LogP contribution in [0, 0.1) is 0 Å². The van der Waals surface area contributed by atoms with Crippen LogP contribution >= 0.6 is 11.8 Å². The molecule has 2 aliphatic rings. The first-order valence-electron chi connectivity index (χ1n) is 7.94. The van der Waals surface area contributed by atoms with Crippen LogP contribution in [0.4, 0.5) is 8.78 Å². The van der Waals surface area contributed by atoms with E-state index >= 15 is 0 Å². The number of halogens is 2. The molecule has 128 valence electrons. The van der Waals surface area contributed by atoms with Gasteiger partial charge in [0.15, 0.2) is 5.17 Å². The van der Waals surface area contributed by atoms with Gasteiger partial charge in [-0.2, -0.15) is 8.78 Å². The topological polar surface area (TPSA) is 50.7 Å². The molecule has 0 radical (unpaired) electrons. The number of nitrogens with one attached hydrogen (secondary N) is 1. The Morgan fingerprint density at radius 3 is 2.75 bits per heavy atom. The number of hydrogen-bond acceptors (Lipinski definition) is 4. The third-order valence-electron chi connectivity index (χ3n) is 3.95. The number of carbonyl (C=O) groups is 1. The molecule has 0 spiro atoms. The van der Waals surface area contributed by atoms with Gasteiger partial charge in [0, 0.05) is 5.56 Å². The van der Waals surface area contributed by atoms with Gasteiger partial charge in [0.2, 0.25) is 0 Å². The summed E-state index contributed by atoms with van der Waals surface area (Å²) in [6.45, 7) is -2.90. The summed E-state index contributed by atoms with van der Waals surface area (Å²) in [7, 11) is 0. The van der Waals surface area contributed by atoms with E-state index in [9.17, 15) is 13.6 Å². The highest BCUT2D eigenvalue weighted by atomic mass is 32.2. The average Bonchev–Trinajstić information content (AvgIpc) is 2.89. The fourth-order valence-electron chi connectivity index (χ4n) is 2.81. The normalized spacial score (nSPS) is 22.4. The number of ether oxygens (including phenoxy) is 1. The molecular weight excluding hydrogens is 334 g/mol. The van der Waals surface area contributed by atoms with Crippen LogP contribution in [0.3, 0.4) is 0 Å². The highest BCUT2D eigenvalue weighted by molar-refractivity contribution is 8.18. The van der Waals surface area contributed by atoms with Crippen LogP contribution in [-0.2, 0) is 4.79 Å². The third kappa shape index (κ3) is 4.35. The lowest BCUT2D eigenvalue weighted by molar-refractivity contribution is -0.115. The second kappa shape index (κ2) is 7.79. The Bertz CT molecular complexity index is 670. The molecule has 1 amide bonds. The number of thioether (sulfide) groups is 1. The van der Waals surface area contributed by atoms with E-state index in [4.69, 9.17) is 0 Å². The Kier molecular flexibility index (Phi) is 5.50. The lowest BCUT2D eigenvalue weighted by Gasteiger charge is -2.17. The number of carbonyl (C=O) groups excluding carboxylic acids is 1. The molecule has 1 heterocycles. The molecule has 1 saturated heterocycles. The number of amidine groups is 1. The lowest BCUT2D eigenvalue weighted by atomic mass is 9.96. The van der Waals surface area contributed by atoms with Crippen molar-refractivity contribution < 1.29 is 18.3 Å². The number of rotatable bonds is 4. The molecule has 0 bridgehead atoms. The lowest BCUT2D eigenvalue weighted by Crippen LogP contribution is -2.22. The van der Waals surface area contributed by atoms with Crippen LogP contribution in [-0.4, -0.2) is 23.7 Å². The summed E-state index contributed by atoms with van der Waals surface area (Å²) in [6.07, 6.45) is 7.23. The molecule has 2 fully saturated rings. The number of hydrogen-bond donors (Lipinski definition) is 1. The Morgan fingerprint density at radius 2 is 2.00 bits per heavy atom. The maximum absolute atomic E-state index is 12.5. The van der Waals surface area contributed by atoms with Crippen LogP contribution in [0.5, 0.6) is 5.75 Å². The van der Waals surface area contributed by atoms with Crippen molar-refractivity contribution >= 4 is 28.9 Å².